The number of aromatic amines is 1. The van der Waals surface area contributed by atoms with Crippen molar-refractivity contribution in [3.8, 4) is 11.5 Å². The lowest BCUT2D eigenvalue weighted by Crippen LogP contribution is -2.30. The molecule has 10 heteroatoms. The molecule has 0 saturated heterocycles. The molecule has 4 rings (SSSR count). The summed E-state index contributed by atoms with van der Waals surface area (Å²) in [7, 11) is 2.69. The minimum Gasteiger partial charge on any atom is -0.507 e. The van der Waals surface area contributed by atoms with Crippen LogP contribution >= 0.6 is 0 Å². The molecule has 182 valence electrons. The van der Waals surface area contributed by atoms with Crippen LogP contribution in [0.1, 0.15) is 34.9 Å². The van der Waals surface area contributed by atoms with Gasteiger partial charge in [0, 0.05) is 42.0 Å². The Kier molecular flexibility index (Phi) is 6.72. The number of esters is 1. The Morgan fingerprint density at radius 2 is 2.06 bits per heavy atom. The summed E-state index contributed by atoms with van der Waals surface area (Å²) in [4.78, 5) is 46.4. The largest absolute Gasteiger partial charge is 0.507 e. The summed E-state index contributed by atoms with van der Waals surface area (Å²) in [6.45, 7) is 2.00. The Morgan fingerprint density at radius 1 is 1.26 bits per heavy atom. The lowest BCUT2D eigenvalue weighted by atomic mass is 9.88. The molecule has 0 spiro atoms. The van der Waals surface area contributed by atoms with E-state index in [9.17, 15) is 19.5 Å². The average Bonchev–Trinajstić information content (AvgIpc) is 3.37. The van der Waals surface area contributed by atoms with Gasteiger partial charge in [-0.15, -0.1) is 0 Å². The van der Waals surface area contributed by atoms with Crippen molar-refractivity contribution in [2.45, 2.75) is 32.2 Å². The lowest BCUT2D eigenvalue weighted by Gasteiger charge is -2.20. The van der Waals surface area contributed by atoms with E-state index in [-0.39, 0.29) is 28.7 Å². The fraction of sp³-hybridized carbons (Fsp3) is 0.280. The molecule has 10 nitrogen and oxygen atoms in total. The number of aromatic nitrogens is 3. The molecule has 1 atom stereocenters. The minimum absolute atomic E-state index is 0.0486. The van der Waals surface area contributed by atoms with E-state index in [1.807, 2.05) is 0 Å². The van der Waals surface area contributed by atoms with Crippen molar-refractivity contribution in [3.63, 3.8) is 0 Å². The molecule has 0 saturated carbocycles. The minimum atomic E-state index is -1.10. The van der Waals surface area contributed by atoms with Gasteiger partial charge in [0.2, 0.25) is 0 Å². The number of benzene rings is 1. The van der Waals surface area contributed by atoms with Crippen LogP contribution in [0.5, 0.6) is 11.5 Å². The van der Waals surface area contributed by atoms with Crippen molar-refractivity contribution in [2.24, 2.45) is 0 Å². The summed E-state index contributed by atoms with van der Waals surface area (Å²) < 4.78 is 17.2. The first-order valence-corrected chi connectivity index (χ1v) is 10.9. The fourth-order valence-electron chi connectivity index (χ4n) is 4.14. The molecule has 0 radical (unpaired) electrons. The molecule has 0 bridgehead atoms. The quantitative estimate of drug-likeness (QED) is 0.368. The third kappa shape index (κ3) is 4.68. The normalized spacial score (nSPS) is 12.0. The molecule has 35 heavy (non-hydrogen) atoms. The number of nitrogens with zero attached hydrogens (tertiary/aromatic N) is 2. The first-order chi connectivity index (χ1) is 16.8. The number of H-pyrrole nitrogens is 1. The number of aromatic hydroxyl groups is 1. The zero-order valence-corrected chi connectivity index (χ0v) is 19.5. The van der Waals surface area contributed by atoms with Crippen molar-refractivity contribution in [2.75, 3.05) is 14.2 Å². The van der Waals surface area contributed by atoms with Crippen LogP contribution < -0.4 is 15.7 Å². The standard InChI is InChI=1S/C25H25N3O7/c1-14-8-20(29)23(25(32)28(14)7-6-15-11-26-13-27-15)17(10-22(30)34-3)19-12-35-21-5-4-16(33-2)9-18(21)24(19)31/h4-5,8-9,11-13,17,29H,6-7,10H2,1-3H3,(H,26,27)/t17-/m0/s1. The number of carbonyl (C=O) groups excluding carboxylic acids is 1. The Bertz CT molecular complexity index is 1490. The number of rotatable bonds is 8. The number of aryl methyl sites for hydroxylation is 2. The number of fused-ring (bicyclic) bond motifs is 1. The highest BCUT2D eigenvalue weighted by Crippen LogP contribution is 2.32. The first kappa shape index (κ1) is 23.8. The molecular weight excluding hydrogens is 454 g/mol. The van der Waals surface area contributed by atoms with Gasteiger partial charge in [0.15, 0.2) is 5.43 Å². The fourth-order valence-corrected chi connectivity index (χ4v) is 4.14. The maximum absolute atomic E-state index is 13.6. The summed E-state index contributed by atoms with van der Waals surface area (Å²) in [6, 6.07) is 6.22. The summed E-state index contributed by atoms with van der Waals surface area (Å²) >= 11 is 0. The molecule has 3 heterocycles. The summed E-state index contributed by atoms with van der Waals surface area (Å²) in [5.74, 6) is -1.61. The van der Waals surface area contributed by atoms with Gasteiger partial charge in [0.1, 0.15) is 17.1 Å². The number of nitrogens with one attached hydrogen (secondary N) is 1. The zero-order chi connectivity index (χ0) is 25.1. The highest BCUT2D eigenvalue weighted by atomic mass is 16.5. The molecule has 4 aromatic rings. The number of hydrogen-bond donors (Lipinski definition) is 2. The van der Waals surface area contributed by atoms with Crippen molar-refractivity contribution >= 4 is 16.9 Å². The van der Waals surface area contributed by atoms with Crippen LogP contribution in [0.3, 0.4) is 0 Å². The van der Waals surface area contributed by atoms with Gasteiger partial charge in [0.25, 0.3) is 5.56 Å². The monoisotopic (exact) mass is 479 g/mol. The predicted molar refractivity (Wildman–Crippen MR) is 127 cm³/mol. The van der Waals surface area contributed by atoms with E-state index in [0.29, 0.717) is 30.0 Å². The van der Waals surface area contributed by atoms with Crippen molar-refractivity contribution < 1.29 is 23.8 Å². The third-order valence-electron chi connectivity index (χ3n) is 6.01. The van der Waals surface area contributed by atoms with Crippen LogP contribution in [0, 0.1) is 6.92 Å². The summed E-state index contributed by atoms with van der Waals surface area (Å²) in [6.07, 6.45) is 4.58. The highest BCUT2D eigenvalue weighted by Gasteiger charge is 2.29. The molecule has 0 unspecified atom stereocenters. The van der Waals surface area contributed by atoms with Gasteiger partial charge < -0.3 is 28.5 Å². The molecule has 1 aromatic carbocycles. The molecule has 3 aromatic heterocycles. The average molecular weight is 479 g/mol. The van der Waals surface area contributed by atoms with Gasteiger partial charge in [-0.2, -0.15) is 0 Å². The van der Waals surface area contributed by atoms with Crippen LogP contribution in [0.25, 0.3) is 11.0 Å². The molecule has 0 aliphatic rings. The highest BCUT2D eigenvalue weighted by molar-refractivity contribution is 5.79. The lowest BCUT2D eigenvalue weighted by molar-refractivity contribution is -0.140. The Labute approximate surface area is 199 Å². The molecule has 0 aliphatic carbocycles. The van der Waals surface area contributed by atoms with Crippen LogP contribution in [-0.2, 0) is 22.5 Å². The Balaban J connectivity index is 1.88. The third-order valence-corrected chi connectivity index (χ3v) is 6.01. The molecule has 0 aliphatic heterocycles. The van der Waals surface area contributed by atoms with Crippen LogP contribution in [0.4, 0.5) is 0 Å². The van der Waals surface area contributed by atoms with Gasteiger partial charge in [-0.25, -0.2) is 4.98 Å². The smallest absolute Gasteiger partial charge is 0.306 e. The van der Waals surface area contributed by atoms with Gasteiger partial charge in [-0.1, -0.05) is 0 Å². The Hall–Kier alpha value is -4.34. The van der Waals surface area contributed by atoms with Gasteiger partial charge in [-0.3, -0.25) is 14.4 Å². The van der Waals surface area contributed by atoms with Gasteiger partial charge >= 0.3 is 5.97 Å². The van der Waals surface area contributed by atoms with Crippen LogP contribution in [0.2, 0.25) is 0 Å². The molecule has 0 amide bonds. The zero-order valence-electron chi connectivity index (χ0n) is 19.5. The Morgan fingerprint density at radius 3 is 2.74 bits per heavy atom. The van der Waals surface area contributed by atoms with Gasteiger partial charge in [-0.05, 0) is 31.2 Å². The SMILES string of the molecule is COC(=O)C[C@@H](c1coc2ccc(OC)cc2c1=O)c1c(O)cc(C)n(CCc2cnc[nH]2)c1=O. The molecule has 2 N–H and O–H groups in total. The second kappa shape index (κ2) is 9.88. The number of carbonyl (C=O) groups is 1. The first-order valence-electron chi connectivity index (χ1n) is 10.9. The van der Waals surface area contributed by atoms with Crippen molar-refractivity contribution in [3.05, 3.63) is 86.1 Å². The van der Waals surface area contributed by atoms with E-state index in [0.717, 1.165) is 5.69 Å². The molecular formula is C25H25N3O7. The summed E-state index contributed by atoms with van der Waals surface area (Å²) in [5, 5.41) is 11.0. The topological polar surface area (TPSA) is 137 Å². The van der Waals surface area contributed by atoms with Crippen molar-refractivity contribution in [1.82, 2.24) is 14.5 Å². The second-order valence-electron chi connectivity index (χ2n) is 8.08. The number of ether oxygens (including phenoxy) is 2. The summed E-state index contributed by atoms with van der Waals surface area (Å²) in [5.41, 5.74) is 0.696. The van der Waals surface area contributed by atoms with E-state index < -0.39 is 22.9 Å². The number of methoxy groups -OCH3 is 2. The maximum Gasteiger partial charge on any atom is 0.306 e. The van der Waals surface area contributed by atoms with Crippen LogP contribution in [-0.4, -0.2) is 39.8 Å². The number of hydrogen-bond acceptors (Lipinski definition) is 8. The predicted octanol–water partition coefficient (Wildman–Crippen LogP) is 2.64. The van der Waals surface area contributed by atoms with E-state index in [1.54, 1.807) is 31.6 Å². The maximum atomic E-state index is 13.6. The van der Waals surface area contributed by atoms with Gasteiger partial charge in [0.05, 0.1) is 44.2 Å². The van der Waals surface area contributed by atoms with E-state index in [1.165, 1.54) is 37.2 Å². The van der Waals surface area contributed by atoms with E-state index in [2.05, 4.69) is 9.97 Å². The molecule has 0 fully saturated rings. The van der Waals surface area contributed by atoms with Crippen molar-refractivity contribution in [1.29, 1.82) is 0 Å². The second-order valence-corrected chi connectivity index (χ2v) is 8.08. The van der Waals surface area contributed by atoms with E-state index in [4.69, 9.17) is 13.9 Å². The van der Waals surface area contributed by atoms with E-state index >= 15 is 0 Å². The number of pyridine rings is 1. The number of imidazole rings is 1. The van der Waals surface area contributed by atoms with Crippen LogP contribution in [0.15, 0.2) is 57.1 Å².